The number of carbonyl (C=O) groups is 1. The van der Waals surface area contributed by atoms with E-state index in [-0.39, 0.29) is 5.91 Å². The van der Waals surface area contributed by atoms with Crippen LogP contribution < -0.4 is 24.3 Å². The van der Waals surface area contributed by atoms with Crippen molar-refractivity contribution < 1.29 is 23.7 Å². The van der Waals surface area contributed by atoms with E-state index in [9.17, 15) is 4.79 Å². The first-order valence-electron chi connectivity index (χ1n) is 8.75. The van der Waals surface area contributed by atoms with Crippen molar-refractivity contribution in [3.8, 4) is 23.0 Å². The molecule has 6 nitrogen and oxygen atoms in total. The summed E-state index contributed by atoms with van der Waals surface area (Å²) in [6.07, 6.45) is -1.19. The molecule has 1 amide bonds. The topological polar surface area (TPSA) is 66.0 Å². The van der Waals surface area contributed by atoms with Crippen LogP contribution in [0.4, 0.5) is 5.69 Å². The van der Waals surface area contributed by atoms with Crippen LogP contribution in [0.1, 0.15) is 20.8 Å². The molecule has 0 aliphatic carbocycles. The number of amides is 1. The fourth-order valence-electron chi connectivity index (χ4n) is 2.75. The zero-order valence-electron chi connectivity index (χ0n) is 15.2. The van der Waals surface area contributed by atoms with E-state index >= 15 is 0 Å². The van der Waals surface area contributed by atoms with Gasteiger partial charge in [-0.2, -0.15) is 0 Å². The molecule has 1 aliphatic heterocycles. The van der Waals surface area contributed by atoms with Crippen LogP contribution in [0.2, 0.25) is 0 Å². The SMILES string of the molecule is CCOc1ccc(OCC)c(NC(=O)C2Oc3ccccc3OC2C)c1. The van der Waals surface area contributed by atoms with Crippen molar-refractivity contribution >= 4 is 11.6 Å². The number of para-hydroxylation sites is 2. The van der Waals surface area contributed by atoms with Crippen molar-refractivity contribution in [3.63, 3.8) is 0 Å². The number of carbonyl (C=O) groups excluding carboxylic acids is 1. The van der Waals surface area contributed by atoms with Crippen LogP contribution in [0.15, 0.2) is 42.5 Å². The third-order valence-corrected chi connectivity index (χ3v) is 3.92. The molecular weight excluding hydrogens is 334 g/mol. The molecule has 0 radical (unpaired) electrons. The molecule has 2 atom stereocenters. The Morgan fingerprint density at radius 1 is 1.04 bits per heavy atom. The third-order valence-electron chi connectivity index (χ3n) is 3.92. The molecule has 1 aliphatic rings. The molecule has 6 heteroatoms. The number of anilines is 1. The van der Waals surface area contributed by atoms with Gasteiger partial charge in [0.1, 0.15) is 17.6 Å². The molecule has 0 aromatic heterocycles. The average Bonchev–Trinajstić information content (AvgIpc) is 2.63. The van der Waals surface area contributed by atoms with Crippen molar-refractivity contribution in [3.05, 3.63) is 42.5 Å². The molecule has 26 heavy (non-hydrogen) atoms. The molecule has 1 N–H and O–H groups in total. The number of benzene rings is 2. The van der Waals surface area contributed by atoms with Gasteiger partial charge in [-0.3, -0.25) is 4.79 Å². The first kappa shape index (κ1) is 17.9. The molecule has 0 spiro atoms. The Morgan fingerprint density at radius 3 is 2.42 bits per heavy atom. The van der Waals surface area contributed by atoms with Gasteiger partial charge in [0.25, 0.3) is 5.91 Å². The number of fused-ring (bicyclic) bond motifs is 1. The van der Waals surface area contributed by atoms with E-state index in [0.717, 1.165) is 0 Å². The molecule has 138 valence electrons. The molecular formula is C20H23NO5. The van der Waals surface area contributed by atoms with Crippen molar-refractivity contribution in [2.24, 2.45) is 0 Å². The van der Waals surface area contributed by atoms with Gasteiger partial charge in [0.05, 0.1) is 18.9 Å². The number of ether oxygens (including phenoxy) is 4. The fourth-order valence-corrected chi connectivity index (χ4v) is 2.75. The lowest BCUT2D eigenvalue weighted by Crippen LogP contribution is -2.46. The molecule has 0 bridgehead atoms. The van der Waals surface area contributed by atoms with Gasteiger partial charge in [-0.1, -0.05) is 12.1 Å². The molecule has 2 aromatic carbocycles. The predicted octanol–water partition coefficient (Wildman–Crippen LogP) is 3.65. The van der Waals surface area contributed by atoms with Gasteiger partial charge in [0.15, 0.2) is 11.5 Å². The lowest BCUT2D eigenvalue weighted by Gasteiger charge is -2.31. The molecule has 0 fully saturated rings. The lowest BCUT2D eigenvalue weighted by molar-refractivity contribution is -0.128. The quantitative estimate of drug-likeness (QED) is 0.855. The first-order valence-corrected chi connectivity index (χ1v) is 8.75. The highest BCUT2D eigenvalue weighted by Crippen LogP contribution is 2.35. The normalized spacial score (nSPS) is 18.1. The van der Waals surface area contributed by atoms with E-state index in [4.69, 9.17) is 18.9 Å². The van der Waals surface area contributed by atoms with E-state index in [1.54, 1.807) is 25.1 Å². The summed E-state index contributed by atoms with van der Waals surface area (Å²) in [6.45, 7) is 6.62. The maximum absolute atomic E-state index is 12.8. The van der Waals surface area contributed by atoms with Crippen LogP contribution >= 0.6 is 0 Å². The van der Waals surface area contributed by atoms with Crippen LogP contribution in [0.25, 0.3) is 0 Å². The monoisotopic (exact) mass is 357 g/mol. The third kappa shape index (κ3) is 3.85. The van der Waals surface area contributed by atoms with E-state index < -0.39 is 12.2 Å². The van der Waals surface area contributed by atoms with Crippen molar-refractivity contribution in [1.82, 2.24) is 0 Å². The highest BCUT2D eigenvalue weighted by atomic mass is 16.6. The summed E-state index contributed by atoms with van der Waals surface area (Å²) in [5.74, 6) is 2.12. The van der Waals surface area contributed by atoms with Gasteiger partial charge in [0, 0.05) is 6.07 Å². The van der Waals surface area contributed by atoms with Gasteiger partial charge in [-0.15, -0.1) is 0 Å². The Hall–Kier alpha value is -2.89. The summed E-state index contributed by atoms with van der Waals surface area (Å²) in [6, 6.07) is 12.6. The standard InChI is InChI=1S/C20H23NO5/c1-4-23-14-10-11-16(24-5-2)15(12-14)21-20(22)19-13(3)25-17-8-6-7-9-18(17)26-19/h6-13,19H,4-5H2,1-3H3,(H,21,22). The van der Waals surface area contributed by atoms with Crippen LogP contribution in [0, 0.1) is 0 Å². The molecule has 0 saturated heterocycles. The summed E-state index contributed by atoms with van der Waals surface area (Å²) in [4.78, 5) is 12.8. The Balaban J connectivity index is 1.80. The second-order valence-corrected chi connectivity index (χ2v) is 5.82. The van der Waals surface area contributed by atoms with E-state index in [0.29, 0.717) is 41.9 Å². The Bertz CT molecular complexity index is 777. The van der Waals surface area contributed by atoms with Crippen molar-refractivity contribution in [1.29, 1.82) is 0 Å². The first-order chi connectivity index (χ1) is 12.6. The highest BCUT2D eigenvalue weighted by molar-refractivity contribution is 5.96. The second-order valence-electron chi connectivity index (χ2n) is 5.82. The number of hydrogen-bond acceptors (Lipinski definition) is 5. The smallest absolute Gasteiger partial charge is 0.269 e. The van der Waals surface area contributed by atoms with E-state index in [2.05, 4.69) is 5.32 Å². The van der Waals surface area contributed by atoms with Crippen LogP contribution in [0.5, 0.6) is 23.0 Å². The minimum Gasteiger partial charge on any atom is -0.494 e. The molecule has 3 rings (SSSR count). The molecule has 2 aromatic rings. The highest BCUT2D eigenvalue weighted by Gasteiger charge is 2.34. The second kappa shape index (κ2) is 7.99. The van der Waals surface area contributed by atoms with Gasteiger partial charge in [0.2, 0.25) is 6.10 Å². The largest absolute Gasteiger partial charge is 0.494 e. The zero-order chi connectivity index (χ0) is 18.5. The Labute approximate surface area is 153 Å². The van der Waals surface area contributed by atoms with E-state index in [1.165, 1.54) is 0 Å². The van der Waals surface area contributed by atoms with Crippen LogP contribution in [-0.4, -0.2) is 31.3 Å². The van der Waals surface area contributed by atoms with Crippen molar-refractivity contribution in [2.75, 3.05) is 18.5 Å². The van der Waals surface area contributed by atoms with E-state index in [1.807, 2.05) is 38.1 Å². The van der Waals surface area contributed by atoms with Crippen molar-refractivity contribution in [2.45, 2.75) is 33.0 Å². The summed E-state index contributed by atoms with van der Waals surface area (Å²) in [5, 5.41) is 2.88. The summed E-state index contributed by atoms with van der Waals surface area (Å²) >= 11 is 0. The maximum atomic E-state index is 12.8. The summed E-state index contributed by atoms with van der Waals surface area (Å²) in [5.41, 5.74) is 0.539. The zero-order valence-corrected chi connectivity index (χ0v) is 15.2. The summed E-state index contributed by atoms with van der Waals surface area (Å²) in [7, 11) is 0. The Morgan fingerprint density at radius 2 is 1.73 bits per heavy atom. The summed E-state index contributed by atoms with van der Waals surface area (Å²) < 4.78 is 22.8. The molecule has 1 heterocycles. The minimum atomic E-state index is -0.768. The maximum Gasteiger partial charge on any atom is 0.269 e. The predicted molar refractivity (Wildman–Crippen MR) is 98.4 cm³/mol. The van der Waals surface area contributed by atoms with Gasteiger partial charge in [-0.25, -0.2) is 0 Å². The number of rotatable bonds is 6. The van der Waals surface area contributed by atoms with Crippen LogP contribution in [-0.2, 0) is 4.79 Å². The molecule has 0 saturated carbocycles. The minimum absolute atomic E-state index is 0.304. The van der Waals surface area contributed by atoms with Gasteiger partial charge in [-0.05, 0) is 45.0 Å². The van der Waals surface area contributed by atoms with Gasteiger partial charge >= 0.3 is 0 Å². The lowest BCUT2D eigenvalue weighted by atomic mass is 10.1. The average molecular weight is 357 g/mol. The van der Waals surface area contributed by atoms with Crippen LogP contribution in [0.3, 0.4) is 0 Å². The Kier molecular flexibility index (Phi) is 5.51. The fraction of sp³-hybridized carbons (Fsp3) is 0.350. The number of nitrogens with one attached hydrogen (secondary N) is 1. The number of hydrogen-bond donors (Lipinski definition) is 1. The van der Waals surface area contributed by atoms with Gasteiger partial charge < -0.3 is 24.3 Å². The molecule has 2 unspecified atom stereocenters.